The first kappa shape index (κ1) is 11.1. The van der Waals surface area contributed by atoms with E-state index < -0.39 is 0 Å². The van der Waals surface area contributed by atoms with Crippen molar-refractivity contribution in [3.63, 3.8) is 0 Å². The van der Waals surface area contributed by atoms with Gasteiger partial charge in [-0.15, -0.1) is 0 Å². The van der Waals surface area contributed by atoms with Crippen molar-refractivity contribution in [3.05, 3.63) is 59.6 Å². The van der Waals surface area contributed by atoms with E-state index >= 15 is 0 Å². The van der Waals surface area contributed by atoms with Crippen molar-refractivity contribution in [2.45, 2.75) is 6.54 Å². The number of ketones is 1. The van der Waals surface area contributed by atoms with Crippen LogP contribution in [0.5, 0.6) is 0 Å². The minimum Gasteiger partial charge on any atom is -0.461 e. The first-order valence-corrected chi connectivity index (χ1v) is 5.93. The van der Waals surface area contributed by atoms with Crippen LogP contribution < -0.4 is 0 Å². The smallest absolute Gasteiger partial charge is 0.217 e. The molecule has 90 valence electrons. The van der Waals surface area contributed by atoms with E-state index in [1.165, 1.54) is 6.26 Å². The molecule has 0 aliphatic carbocycles. The normalized spacial score (nSPS) is 10.9. The second-order valence-electron chi connectivity index (χ2n) is 4.02. The molecule has 3 rings (SSSR count). The number of Topliss-reactive ketones (excluding diaryl/α,β-unsaturated/α-hetero) is 1. The summed E-state index contributed by atoms with van der Waals surface area (Å²) in [5.41, 5.74) is 0.874. The van der Waals surface area contributed by atoms with E-state index in [0.717, 1.165) is 10.9 Å². The lowest BCUT2D eigenvalue weighted by molar-refractivity contribution is 0.0946. The summed E-state index contributed by atoms with van der Waals surface area (Å²) in [4.78, 5) is 12.0. The number of benzene rings is 1. The molecule has 0 unspecified atom stereocenters. The molecule has 0 saturated carbocycles. The lowest BCUT2D eigenvalue weighted by atomic mass is 10.2. The molecule has 0 bridgehead atoms. The zero-order valence-corrected chi connectivity index (χ0v) is 10.2. The molecule has 0 atom stereocenters. The monoisotopic (exact) mass is 259 g/mol. The maximum Gasteiger partial charge on any atom is 0.217 e. The molecule has 0 fully saturated rings. The molecule has 0 radical (unpaired) electrons. The number of hydrogen-bond donors (Lipinski definition) is 0. The second kappa shape index (κ2) is 4.35. The van der Waals surface area contributed by atoms with Gasteiger partial charge in [-0.05, 0) is 24.3 Å². The highest BCUT2D eigenvalue weighted by molar-refractivity contribution is 6.35. The van der Waals surface area contributed by atoms with E-state index in [2.05, 4.69) is 0 Å². The Morgan fingerprint density at radius 1 is 1.22 bits per heavy atom. The summed E-state index contributed by atoms with van der Waals surface area (Å²) in [5, 5.41) is 1.67. The molecule has 0 N–H and O–H groups in total. The summed E-state index contributed by atoms with van der Waals surface area (Å²) < 4.78 is 6.93. The Balaban J connectivity index is 1.98. The summed E-state index contributed by atoms with van der Waals surface area (Å²) in [5.74, 6) is 0.293. The molecule has 0 aliphatic rings. The molecule has 0 aliphatic heterocycles. The van der Waals surface area contributed by atoms with Gasteiger partial charge in [0.2, 0.25) is 5.78 Å². The average Bonchev–Trinajstić information content (AvgIpc) is 2.99. The Morgan fingerprint density at radius 2 is 2.11 bits per heavy atom. The predicted octanol–water partition coefficient (Wildman–Crippen LogP) is 3.77. The molecule has 3 nitrogen and oxygen atoms in total. The van der Waals surface area contributed by atoms with Gasteiger partial charge in [-0.1, -0.05) is 23.7 Å². The van der Waals surface area contributed by atoms with Gasteiger partial charge < -0.3 is 8.98 Å². The van der Waals surface area contributed by atoms with Gasteiger partial charge in [0.1, 0.15) is 0 Å². The van der Waals surface area contributed by atoms with Crippen molar-refractivity contribution >= 4 is 28.3 Å². The minimum absolute atomic E-state index is 0.0718. The Kier molecular flexibility index (Phi) is 2.68. The topological polar surface area (TPSA) is 35.1 Å². The van der Waals surface area contributed by atoms with Crippen LogP contribution in [-0.2, 0) is 6.54 Å². The van der Waals surface area contributed by atoms with Crippen molar-refractivity contribution in [1.29, 1.82) is 0 Å². The van der Waals surface area contributed by atoms with Gasteiger partial charge in [-0.25, -0.2) is 0 Å². The van der Waals surface area contributed by atoms with Crippen molar-refractivity contribution < 1.29 is 9.21 Å². The maximum atomic E-state index is 12.0. The molecule has 2 heterocycles. The fourth-order valence-electron chi connectivity index (χ4n) is 2.02. The second-order valence-corrected chi connectivity index (χ2v) is 4.43. The zero-order chi connectivity index (χ0) is 12.5. The third kappa shape index (κ3) is 1.83. The van der Waals surface area contributed by atoms with Gasteiger partial charge in [0.05, 0.1) is 23.3 Å². The number of carbonyl (C=O) groups excluding carboxylic acids is 1. The number of halogens is 1. The van der Waals surface area contributed by atoms with E-state index in [1.807, 2.05) is 35.0 Å². The summed E-state index contributed by atoms with van der Waals surface area (Å²) in [6.07, 6.45) is 3.35. The van der Waals surface area contributed by atoms with Crippen molar-refractivity contribution in [1.82, 2.24) is 4.57 Å². The van der Waals surface area contributed by atoms with Crippen molar-refractivity contribution in [2.75, 3.05) is 0 Å². The molecular weight excluding hydrogens is 250 g/mol. The molecule has 0 spiro atoms. The summed E-state index contributed by atoms with van der Waals surface area (Å²) in [6.45, 7) is 0.223. The number of carbonyl (C=O) groups is 1. The van der Waals surface area contributed by atoms with E-state index in [1.54, 1.807) is 12.1 Å². The quantitative estimate of drug-likeness (QED) is 0.671. The highest BCUT2D eigenvalue weighted by Gasteiger charge is 2.12. The third-order valence-electron chi connectivity index (χ3n) is 2.85. The van der Waals surface area contributed by atoms with E-state index in [-0.39, 0.29) is 12.3 Å². The molecule has 18 heavy (non-hydrogen) atoms. The van der Waals surface area contributed by atoms with Crippen LogP contribution in [0.15, 0.2) is 53.3 Å². The first-order chi connectivity index (χ1) is 8.75. The zero-order valence-electron chi connectivity index (χ0n) is 9.47. The number of furan rings is 1. The minimum atomic E-state index is -0.0718. The number of para-hydroxylation sites is 1. The molecule has 1 aromatic carbocycles. The van der Waals surface area contributed by atoms with Crippen LogP contribution in [0.4, 0.5) is 0 Å². The predicted molar refractivity (Wildman–Crippen MR) is 70.0 cm³/mol. The molecular formula is C14H10ClNO2. The van der Waals surface area contributed by atoms with Gasteiger partial charge in [-0.2, -0.15) is 0 Å². The highest BCUT2D eigenvalue weighted by Crippen LogP contribution is 2.24. The summed E-state index contributed by atoms with van der Waals surface area (Å²) in [6, 6.07) is 11.0. The highest BCUT2D eigenvalue weighted by atomic mass is 35.5. The average molecular weight is 260 g/mol. The van der Waals surface area contributed by atoms with Gasteiger partial charge in [0, 0.05) is 11.6 Å². The largest absolute Gasteiger partial charge is 0.461 e. The van der Waals surface area contributed by atoms with Gasteiger partial charge in [0.15, 0.2) is 5.76 Å². The van der Waals surface area contributed by atoms with E-state index in [0.29, 0.717) is 10.8 Å². The van der Waals surface area contributed by atoms with Crippen molar-refractivity contribution in [3.8, 4) is 0 Å². The fraction of sp³-hybridized carbons (Fsp3) is 0.0714. The van der Waals surface area contributed by atoms with Crippen LogP contribution in [-0.4, -0.2) is 10.4 Å². The molecule has 3 aromatic rings. The number of aromatic nitrogens is 1. The van der Waals surface area contributed by atoms with E-state index in [9.17, 15) is 4.79 Å². The maximum absolute atomic E-state index is 12.0. The number of nitrogens with zero attached hydrogens (tertiary/aromatic N) is 1. The summed E-state index contributed by atoms with van der Waals surface area (Å²) >= 11 is 6.16. The van der Waals surface area contributed by atoms with Crippen LogP contribution in [0.1, 0.15) is 10.6 Å². The van der Waals surface area contributed by atoms with Gasteiger partial charge in [0.25, 0.3) is 0 Å². The SMILES string of the molecule is O=C(Cn1ccc2cccc(Cl)c21)c1ccco1. The Morgan fingerprint density at radius 3 is 2.89 bits per heavy atom. The molecule has 4 heteroatoms. The Hall–Kier alpha value is -2.00. The molecule has 0 amide bonds. The van der Waals surface area contributed by atoms with Gasteiger partial charge >= 0.3 is 0 Å². The van der Waals surface area contributed by atoms with Crippen LogP contribution in [0.3, 0.4) is 0 Å². The molecule has 2 aromatic heterocycles. The number of rotatable bonds is 3. The van der Waals surface area contributed by atoms with Crippen LogP contribution in [0.25, 0.3) is 10.9 Å². The van der Waals surface area contributed by atoms with Crippen molar-refractivity contribution in [2.24, 2.45) is 0 Å². The van der Waals surface area contributed by atoms with Crippen LogP contribution in [0.2, 0.25) is 5.02 Å². The Bertz CT molecular complexity index is 698. The van der Waals surface area contributed by atoms with Crippen LogP contribution in [0, 0.1) is 0 Å². The number of hydrogen-bond acceptors (Lipinski definition) is 2. The standard InChI is InChI=1S/C14H10ClNO2/c15-11-4-1-3-10-6-7-16(14(10)11)9-12(17)13-5-2-8-18-13/h1-8H,9H2. The van der Waals surface area contributed by atoms with Crippen LogP contribution >= 0.6 is 11.6 Å². The fourth-order valence-corrected chi connectivity index (χ4v) is 2.31. The van der Waals surface area contributed by atoms with E-state index in [4.69, 9.17) is 16.0 Å². The first-order valence-electron chi connectivity index (χ1n) is 5.56. The lowest BCUT2D eigenvalue weighted by Gasteiger charge is -2.04. The molecule has 0 saturated heterocycles. The summed E-state index contributed by atoms with van der Waals surface area (Å²) in [7, 11) is 0. The third-order valence-corrected chi connectivity index (χ3v) is 3.15. The number of fused-ring (bicyclic) bond motifs is 1. The van der Waals surface area contributed by atoms with Gasteiger partial charge in [-0.3, -0.25) is 4.79 Å². The lowest BCUT2D eigenvalue weighted by Crippen LogP contribution is -2.08. The Labute approximate surface area is 109 Å².